The first-order valence-corrected chi connectivity index (χ1v) is 7.63. The molecule has 4 nitrogen and oxygen atoms in total. The summed E-state index contributed by atoms with van der Waals surface area (Å²) in [7, 11) is 0. The Morgan fingerprint density at radius 1 is 1.04 bits per heavy atom. The second-order valence-electron chi connectivity index (χ2n) is 5.37. The molecule has 0 unspecified atom stereocenters. The number of aryl methyl sites for hydroxylation is 2. The van der Waals surface area contributed by atoms with E-state index in [1.807, 2.05) is 45.0 Å². The highest BCUT2D eigenvalue weighted by molar-refractivity contribution is 6.01. The molecule has 0 aromatic heterocycles. The van der Waals surface area contributed by atoms with Gasteiger partial charge in [-0.05, 0) is 50.1 Å². The topological polar surface area (TPSA) is 55.4 Å². The van der Waals surface area contributed by atoms with Gasteiger partial charge in [0.2, 0.25) is 0 Å². The van der Waals surface area contributed by atoms with Gasteiger partial charge < -0.3 is 10.1 Å². The van der Waals surface area contributed by atoms with Crippen LogP contribution in [0.2, 0.25) is 0 Å². The zero-order chi connectivity index (χ0) is 16.8. The van der Waals surface area contributed by atoms with Crippen molar-refractivity contribution in [1.82, 2.24) is 0 Å². The third-order valence-corrected chi connectivity index (χ3v) is 3.68. The summed E-state index contributed by atoms with van der Waals surface area (Å²) in [6.07, 6.45) is 0. The molecule has 0 aliphatic rings. The van der Waals surface area contributed by atoms with Crippen LogP contribution >= 0.6 is 0 Å². The molecule has 0 saturated heterocycles. The first-order valence-electron chi connectivity index (χ1n) is 7.63. The quantitative estimate of drug-likeness (QED) is 0.651. The number of ether oxygens (including phenoxy) is 1. The van der Waals surface area contributed by atoms with Crippen molar-refractivity contribution in [3.05, 3.63) is 64.7 Å². The second-order valence-corrected chi connectivity index (χ2v) is 5.37. The highest BCUT2D eigenvalue weighted by Crippen LogP contribution is 2.16. The van der Waals surface area contributed by atoms with Crippen molar-refractivity contribution in [2.24, 2.45) is 0 Å². The standard InChI is InChI=1S/C19H21NO3/c1-4-20-17-8-6-5-7-16(17)19(22)23-12-18(21)15-10-9-13(2)14(3)11-15/h5-11,20H,4,12H2,1-3H3. The van der Waals surface area contributed by atoms with E-state index in [9.17, 15) is 9.59 Å². The number of hydrogen-bond donors (Lipinski definition) is 1. The number of para-hydroxylation sites is 1. The van der Waals surface area contributed by atoms with Crippen LogP contribution in [0.15, 0.2) is 42.5 Å². The summed E-state index contributed by atoms with van der Waals surface area (Å²) in [6.45, 7) is 6.32. The molecule has 0 bridgehead atoms. The molecule has 2 rings (SSSR count). The SMILES string of the molecule is CCNc1ccccc1C(=O)OCC(=O)c1ccc(C)c(C)c1. The maximum absolute atomic E-state index is 12.2. The van der Waals surface area contributed by atoms with Crippen molar-refractivity contribution < 1.29 is 14.3 Å². The summed E-state index contributed by atoms with van der Waals surface area (Å²) in [6, 6.07) is 12.6. The number of carbonyl (C=O) groups is 2. The molecule has 1 N–H and O–H groups in total. The van der Waals surface area contributed by atoms with Gasteiger partial charge in [-0.3, -0.25) is 4.79 Å². The fourth-order valence-electron chi connectivity index (χ4n) is 2.21. The Balaban J connectivity index is 2.04. The van der Waals surface area contributed by atoms with Gasteiger partial charge in [0.05, 0.1) is 5.56 Å². The van der Waals surface area contributed by atoms with E-state index in [0.29, 0.717) is 23.4 Å². The fraction of sp³-hybridized carbons (Fsp3) is 0.263. The van der Waals surface area contributed by atoms with E-state index in [0.717, 1.165) is 11.1 Å². The molecule has 0 saturated carbocycles. The van der Waals surface area contributed by atoms with E-state index >= 15 is 0 Å². The number of benzene rings is 2. The van der Waals surface area contributed by atoms with Crippen LogP contribution in [0.25, 0.3) is 0 Å². The maximum atomic E-state index is 12.2. The highest BCUT2D eigenvalue weighted by atomic mass is 16.5. The molecule has 0 radical (unpaired) electrons. The van der Waals surface area contributed by atoms with E-state index in [2.05, 4.69) is 5.32 Å². The summed E-state index contributed by atoms with van der Waals surface area (Å²) in [5.41, 5.74) is 3.86. The third kappa shape index (κ3) is 4.19. The lowest BCUT2D eigenvalue weighted by molar-refractivity contribution is 0.0475. The minimum atomic E-state index is -0.501. The number of carbonyl (C=O) groups excluding carboxylic acids is 2. The lowest BCUT2D eigenvalue weighted by Gasteiger charge is -2.10. The molecular formula is C19H21NO3. The molecule has 120 valence electrons. The largest absolute Gasteiger partial charge is 0.454 e. The number of nitrogens with one attached hydrogen (secondary N) is 1. The number of hydrogen-bond acceptors (Lipinski definition) is 4. The molecule has 0 atom stereocenters. The van der Waals surface area contributed by atoms with E-state index in [1.54, 1.807) is 18.2 Å². The predicted molar refractivity (Wildman–Crippen MR) is 91.1 cm³/mol. The van der Waals surface area contributed by atoms with Gasteiger partial charge in [-0.2, -0.15) is 0 Å². The molecule has 0 amide bonds. The molecule has 0 fully saturated rings. The maximum Gasteiger partial charge on any atom is 0.340 e. The first-order chi connectivity index (χ1) is 11.0. The average Bonchev–Trinajstić information content (AvgIpc) is 2.55. The van der Waals surface area contributed by atoms with Crippen LogP contribution in [-0.2, 0) is 4.74 Å². The molecule has 23 heavy (non-hydrogen) atoms. The van der Waals surface area contributed by atoms with E-state index in [1.165, 1.54) is 0 Å². The summed E-state index contributed by atoms with van der Waals surface area (Å²) in [5.74, 6) is -0.707. The Kier molecular flexibility index (Phi) is 5.52. The molecule has 4 heteroatoms. The van der Waals surface area contributed by atoms with E-state index < -0.39 is 5.97 Å². The number of anilines is 1. The average molecular weight is 311 g/mol. The summed E-state index contributed by atoms with van der Waals surface area (Å²) in [5, 5.41) is 3.10. The van der Waals surface area contributed by atoms with Crippen LogP contribution in [0.4, 0.5) is 5.69 Å². The first kappa shape index (κ1) is 16.7. The van der Waals surface area contributed by atoms with Crippen molar-refractivity contribution in [3.63, 3.8) is 0 Å². The fourth-order valence-corrected chi connectivity index (χ4v) is 2.21. The summed E-state index contributed by atoms with van der Waals surface area (Å²) < 4.78 is 5.17. The minimum Gasteiger partial charge on any atom is -0.454 e. The van der Waals surface area contributed by atoms with Crippen LogP contribution in [0, 0.1) is 13.8 Å². The van der Waals surface area contributed by atoms with Gasteiger partial charge in [0.1, 0.15) is 0 Å². The number of rotatable bonds is 6. The molecular weight excluding hydrogens is 290 g/mol. The van der Waals surface area contributed by atoms with Gasteiger partial charge in [0.25, 0.3) is 0 Å². The number of ketones is 1. The van der Waals surface area contributed by atoms with Crippen molar-refractivity contribution in [3.8, 4) is 0 Å². The molecule has 2 aromatic rings. The summed E-state index contributed by atoms with van der Waals surface area (Å²) in [4.78, 5) is 24.3. The van der Waals surface area contributed by atoms with Gasteiger partial charge >= 0.3 is 5.97 Å². The molecule has 0 heterocycles. The highest BCUT2D eigenvalue weighted by Gasteiger charge is 2.15. The van der Waals surface area contributed by atoms with Crippen LogP contribution in [0.5, 0.6) is 0 Å². The van der Waals surface area contributed by atoms with Crippen molar-refractivity contribution in [1.29, 1.82) is 0 Å². The number of Topliss-reactive ketones (excluding diaryl/α,β-unsaturated/α-hetero) is 1. The third-order valence-electron chi connectivity index (χ3n) is 3.68. The molecule has 2 aromatic carbocycles. The van der Waals surface area contributed by atoms with Crippen LogP contribution in [0.3, 0.4) is 0 Å². The van der Waals surface area contributed by atoms with Crippen molar-refractivity contribution in [2.45, 2.75) is 20.8 Å². The molecule has 0 spiro atoms. The van der Waals surface area contributed by atoms with Crippen LogP contribution < -0.4 is 5.32 Å². The summed E-state index contributed by atoms with van der Waals surface area (Å²) >= 11 is 0. The zero-order valence-corrected chi connectivity index (χ0v) is 13.7. The van der Waals surface area contributed by atoms with E-state index in [-0.39, 0.29) is 12.4 Å². The van der Waals surface area contributed by atoms with Gasteiger partial charge in [-0.15, -0.1) is 0 Å². The van der Waals surface area contributed by atoms with Gasteiger partial charge in [-0.1, -0.05) is 24.3 Å². The second kappa shape index (κ2) is 7.58. The van der Waals surface area contributed by atoms with Crippen LogP contribution in [-0.4, -0.2) is 24.9 Å². The lowest BCUT2D eigenvalue weighted by atomic mass is 10.0. The van der Waals surface area contributed by atoms with Gasteiger partial charge in [0, 0.05) is 17.8 Å². The van der Waals surface area contributed by atoms with E-state index in [4.69, 9.17) is 4.74 Å². The normalized spacial score (nSPS) is 10.2. The van der Waals surface area contributed by atoms with Gasteiger partial charge in [0.15, 0.2) is 12.4 Å². The Labute approximate surface area is 136 Å². The smallest absolute Gasteiger partial charge is 0.340 e. The zero-order valence-electron chi connectivity index (χ0n) is 13.7. The lowest BCUT2D eigenvalue weighted by Crippen LogP contribution is -2.16. The predicted octanol–water partition coefficient (Wildman–Crippen LogP) is 3.77. The monoisotopic (exact) mass is 311 g/mol. The Morgan fingerprint density at radius 3 is 2.48 bits per heavy atom. The molecule has 0 aliphatic heterocycles. The molecule has 0 aliphatic carbocycles. The Hall–Kier alpha value is -2.62. The van der Waals surface area contributed by atoms with Gasteiger partial charge in [-0.25, -0.2) is 4.79 Å². The van der Waals surface area contributed by atoms with Crippen molar-refractivity contribution in [2.75, 3.05) is 18.5 Å². The Morgan fingerprint density at radius 2 is 1.78 bits per heavy atom. The minimum absolute atomic E-state index is 0.206. The number of esters is 1. The van der Waals surface area contributed by atoms with Crippen LogP contribution in [0.1, 0.15) is 38.8 Å². The van der Waals surface area contributed by atoms with Crippen molar-refractivity contribution >= 4 is 17.4 Å². The Bertz CT molecular complexity index is 722.